The van der Waals surface area contributed by atoms with Crippen LogP contribution in [0.2, 0.25) is 5.02 Å². The fourth-order valence-electron chi connectivity index (χ4n) is 2.11. The van der Waals surface area contributed by atoms with Crippen molar-refractivity contribution in [3.63, 3.8) is 0 Å². The van der Waals surface area contributed by atoms with E-state index in [-0.39, 0.29) is 12.4 Å². The van der Waals surface area contributed by atoms with Crippen molar-refractivity contribution in [1.82, 2.24) is 0 Å². The third-order valence-corrected chi connectivity index (χ3v) is 4.44. The largest absolute Gasteiger partial charge is 0.394 e. The predicted molar refractivity (Wildman–Crippen MR) is 88.4 cm³/mol. The van der Waals surface area contributed by atoms with Gasteiger partial charge in [-0.05, 0) is 65.2 Å². The van der Waals surface area contributed by atoms with Crippen LogP contribution in [-0.2, 0) is 6.42 Å². The molecule has 1 atom stereocenters. The zero-order valence-electron chi connectivity index (χ0n) is 11.5. The Balaban J connectivity index is 2.16. The van der Waals surface area contributed by atoms with Crippen molar-refractivity contribution >= 4 is 33.2 Å². The first-order valence-corrected chi connectivity index (χ1v) is 7.67. The fraction of sp³-hybridized carbons (Fsp3) is 0.250. The van der Waals surface area contributed by atoms with Crippen LogP contribution in [0, 0.1) is 5.82 Å². The van der Waals surface area contributed by atoms with Gasteiger partial charge in [-0.3, -0.25) is 0 Å². The lowest BCUT2D eigenvalue weighted by molar-refractivity contribution is 0.222. The number of aliphatic hydroxyl groups is 1. The Morgan fingerprint density at radius 3 is 2.48 bits per heavy atom. The Hall–Kier alpha value is -1.10. The van der Waals surface area contributed by atoms with Crippen molar-refractivity contribution in [2.45, 2.75) is 18.9 Å². The molecule has 0 fully saturated rings. The van der Waals surface area contributed by atoms with Crippen LogP contribution in [0.1, 0.15) is 12.5 Å². The zero-order valence-corrected chi connectivity index (χ0v) is 13.9. The van der Waals surface area contributed by atoms with Gasteiger partial charge in [0.05, 0.1) is 17.2 Å². The highest BCUT2D eigenvalue weighted by Crippen LogP contribution is 2.28. The molecule has 21 heavy (non-hydrogen) atoms. The van der Waals surface area contributed by atoms with Crippen molar-refractivity contribution in [3.8, 4) is 0 Å². The molecule has 0 radical (unpaired) electrons. The van der Waals surface area contributed by atoms with E-state index in [1.165, 1.54) is 12.1 Å². The van der Waals surface area contributed by atoms with Crippen LogP contribution >= 0.6 is 27.5 Å². The van der Waals surface area contributed by atoms with Crippen LogP contribution in [0.25, 0.3) is 0 Å². The van der Waals surface area contributed by atoms with Crippen LogP contribution in [0.4, 0.5) is 10.1 Å². The van der Waals surface area contributed by atoms with Crippen LogP contribution in [-0.4, -0.2) is 17.3 Å². The standard InChI is InChI=1S/C16H16BrClFNO/c1-16(10-21,9-11-2-4-12(19)5-3-11)20-13-6-7-15(18)14(17)8-13/h2-8,20-21H,9-10H2,1H3. The van der Waals surface area contributed by atoms with E-state index in [2.05, 4.69) is 21.2 Å². The molecule has 2 aromatic carbocycles. The van der Waals surface area contributed by atoms with E-state index in [1.54, 1.807) is 18.2 Å². The molecule has 5 heteroatoms. The van der Waals surface area contributed by atoms with Gasteiger partial charge in [-0.2, -0.15) is 0 Å². The van der Waals surface area contributed by atoms with Gasteiger partial charge >= 0.3 is 0 Å². The molecule has 0 saturated heterocycles. The van der Waals surface area contributed by atoms with Gasteiger partial charge in [0.15, 0.2) is 0 Å². The summed E-state index contributed by atoms with van der Waals surface area (Å²) in [5.41, 5.74) is 1.25. The van der Waals surface area contributed by atoms with Gasteiger partial charge in [-0.15, -0.1) is 0 Å². The average molecular weight is 373 g/mol. The average Bonchev–Trinajstić information content (AvgIpc) is 2.45. The monoisotopic (exact) mass is 371 g/mol. The molecule has 0 bridgehead atoms. The van der Waals surface area contributed by atoms with Crippen LogP contribution in [0.15, 0.2) is 46.9 Å². The summed E-state index contributed by atoms with van der Waals surface area (Å²) in [4.78, 5) is 0. The second-order valence-corrected chi connectivity index (χ2v) is 6.54. The normalized spacial score (nSPS) is 13.8. The second-order valence-electron chi connectivity index (χ2n) is 5.28. The summed E-state index contributed by atoms with van der Waals surface area (Å²) in [6, 6.07) is 11.8. The van der Waals surface area contributed by atoms with Gasteiger partial charge < -0.3 is 10.4 Å². The third kappa shape index (κ3) is 4.43. The Kier molecular flexibility index (Phi) is 5.25. The molecule has 0 aliphatic heterocycles. The SMILES string of the molecule is CC(CO)(Cc1ccc(F)cc1)Nc1ccc(Cl)c(Br)c1. The molecule has 0 aliphatic carbocycles. The first-order chi connectivity index (χ1) is 9.92. The van der Waals surface area contributed by atoms with Gasteiger partial charge in [0, 0.05) is 10.2 Å². The van der Waals surface area contributed by atoms with Crippen LogP contribution in [0.5, 0.6) is 0 Å². The highest BCUT2D eigenvalue weighted by molar-refractivity contribution is 9.10. The minimum atomic E-state index is -0.550. The topological polar surface area (TPSA) is 32.3 Å². The maximum atomic E-state index is 12.9. The summed E-state index contributed by atoms with van der Waals surface area (Å²) in [5, 5.41) is 13.6. The molecular weight excluding hydrogens is 357 g/mol. The number of halogens is 3. The summed E-state index contributed by atoms with van der Waals surface area (Å²) in [6.45, 7) is 1.86. The third-order valence-electron chi connectivity index (χ3n) is 3.22. The first-order valence-electron chi connectivity index (χ1n) is 6.50. The van der Waals surface area contributed by atoms with Gasteiger partial charge in [0.1, 0.15) is 5.82 Å². The van der Waals surface area contributed by atoms with Crippen LogP contribution < -0.4 is 5.32 Å². The maximum Gasteiger partial charge on any atom is 0.123 e. The molecule has 0 heterocycles. The van der Waals surface area contributed by atoms with Gasteiger partial charge in [0.2, 0.25) is 0 Å². The fourth-order valence-corrected chi connectivity index (χ4v) is 2.61. The number of benzene rings is 2. The van der Waals surface area contributed by atoms with Crippen molar-refractivity contribution < 1.29 is 9.50 Å². The Morgan fingerprint density at radius 2 is 1.90 bits per heavy atom. The molecule has 2 rings (SSSR count). The number of aliphatic hydroxyl groups excluding tert-OH is 1. The lowest BCUT2D eigenvalue weighted by Gasteiger charge is -2.30. The highest BCUT2D eigenvalue weighted by Gasteiger charge is 2.24. The van der Waals surface area contributed by atoms with Gasteiger partial charge in [-0.1, -0.05) is 23.7 Å². The summed E-state index contributed by atoms with van der Waals surface area (Å²) in [7, 11) is 0. The number of anilines is 1. The Morgan fingerprint density at radius 1 is 1.24 bits per heavy atom. The molecule has 0 saturated carbocycles. The van der Waals surface area contributed by atoms with Crippen molar-refractivity contribution in [3.05, 3.63) is 63.3 Å². The van der Waals surface area contributed by atoms with Crippen molar-refractivity contribution in [2.24, 2.45) is 0 Å². The second kappa shape index (κ2) is 6.77. The maximum absolute atomic E-state index is 12.9. The molecule has 0 aliphatic rings. The smallest absolute Gasteiger partial charge is 0.123 e. The lowest BCUT2D eigenvalue weighted by atomic mass is 9.93. The minimum Gasteiger partial charge on any atom is -0.394 e. The van der Waals surface area contributed by atoms with Gasteiger partial charge in [-0.25, -0.2) is 4.39 Å². The lowest BCUT2D eigenvalue weighted by Crippen LogP contribution is -2.41. The number of hydrogen-bond donors (Lipinski definition) is 2. The van der Waals surface area contributed by atoms with Crippen molar-refractivity contribution in [2.75, 3.05) is 11.9 Å². The van der Waals surface area contributed by atoms with E-state index in [9.17, 15) is 9.50 Å². The van der Waals surface area contributed by atoms with E-state index in [4.69, 9.17) is 11.6 Å². The molecule has 1 unspecified atom stereocenters. The Labute approximate surface area is 137 Å². The first kappa shape index (κ1) is 16.3. The molecule has 0 amide bonds. The molecule has 2 nitrogen and oxygen atoms in total. The van der Waals surface area contributed by atoms with Crippen molar-refractivity contribution in [1.29, 1.82) is 0 Å². The van der Waals surface area contributed by atoms with E-state index in [0.717, 1.165) is 15.7 Å². The predicted octanol–water partition coefficient (Wildman–Crippen LogP) is 4.65. The number of rotatable bonds is 5. The molecule has 0 aromatic heterocycles. The van der Waals surface area contributed by atoms with E-state index in [1.807, 2.05) is 19.1 Å². The molecular formula is C16H16BrClFNO. The zero-order chi connectivity index (χ0) is 15.5. The summed E-state index contributed by atoms with van der Waals surface area (Å²) in [6.07, 6.45) is 0.573. The van der Waals surface area contributed by atoms with E-state index >= 15 is 0 Å². The summed E-state index contributed by atoms with van der Waals surface area (Å²) in [5.74, 6) is -0.265. The number of hydrogen-bond acceptors (Lipinski definition) is 2. The quantitative estimate of drug-likeness (QED) is 0.801. The van der Waals surface area contributed by atoms with Crippen LogP contribution in [0.3, 0.4) is 0 Å². The number of nitrogens with one attached hydrogen (secondary N) is 1. The van der Waals surface area contributed by atoms with E-state index in [0.29, 0.717) is 11.4 Å². The summed E-state index contributed by atoms with van der Waals surface area (Å²) < 4.78 is 13.7. The van der Waals surface area contributed by atoms with Gasteiger partial charge in [0.25, 0.3) is 0 Å². The molecule has 2 N–H and O–H groups in total. The highest BCUT2D eigenvalue weighted by atomic mass is 79.9. The molecule has 0 spiro atoms. The van der Waals surface area contributed by atoms with E-state index < -0.39 is 5.54 Å². The summed E-state index contributed by atoms with van der Waals surface area (Å²) >= 11 is 9.35. The minimum absolute atomic E-state index is 0.0510. The Bertz CT molecular complexity index is 620. The molecule has 112 valence electrons. The molecule has 2 aromatic rings.